The predicted octanol–water partition coefficient (Wildman–Crippen LogP) is 4.74. The SMILES string of the molecule is COc1ccc([N+](=O)[O-])cc1NC(=O)/C(C#N)=C/c1ccc(OC)c(OCc2ccccc2)c1. The number of carbonyl (C=O) groups is 1. The van der Waals surface area contributed by atoms with Crippen LogP contribution in [0.4, 0.5) is 11.4 Å². The number of hydrogen-bond acceptors (Lipinski definition) is 7. The quantitative estimate of drug-likeness (QED) is 0.212. The molecule has 9 nitrogen and oxygen atoms in total. The summed E-state index contributed by atoms with van der Waals surface area (Å²) >= 11 is 0. The highest BCUT2D eigenvalue weighted by molar-refractivity contribution is 6.10. The summed E-state index contributed by atoms with van der Waals surface area (Å²) < 4.78 is 16.4. The van der Waals surface area contributed by atoms with E-state index in [0.29, 0.717) is 23.7 Å². The van der Waals surface area contributed by atoms with Gasteiger partial charge in [0.2, 0.25) is 0 Å². The fourth-order valence-electron chi connectivity index (χ4n) is 3.04. The van der Waals surface area contributed by atoms with Gasteiger partial charge in [-0.1, -0.05) is 36.4 Å². The number of nitriles is 1. The van der Waals surface area contributed by atoms with Crippen LogP contribution in [0.1, 0.15) is 11.1 Å². The monoisotopic (exact) mass is 459 g/mol. The van der Waals surface area contributed by atoms with Crippen molar-refractivity contribution in [2.24, 2.45) is 0 Å². The largest absolute Gasteiger partial charge is 0.495 e. The van der Waals surface area contributed by atoms with Gasteiger partial charge in [-0.25, -0.2) is 0 Å². The second-order valence-electron chi connectivity index (χ2n) is 6.95. The number of methoxy groups -OCH3 is 2. The number of rotatable bonds is 9. The highest BCUT2D eigenvalue weighted by Gasteiger charge is 2.17. The summed E-state index contributed by atoms with van der Waals surface area (Å²) in [4.78, 5) is 23.2. The maximum Gasteiger partial charge on any atom is 0.271 e. The molecule has 0 aliphatic rings. The number of nitro groups is 1. The third-order valence-electron chi connectivity index (χ3n) is 4.74. The van der Waals surface area contributed by atoms with E-state index in [1.165, 1.54) is 32.4 Å². The van der Waals surface area contributed by atoms with Crippen molar-refractivity contribution in [3.63, 3.8) is 0 Å². The Morgan fingerprint density at radius 1 is 1.03 bits per heavy atom. The average Bonchev–Trinajstić information content (AvgIpc) is 2.86. The highest BCUT2D eigenvalue weighted by Crippen LogP contribution is 2.31. The third kappa shape index (κ3) is 5.89. The van der Waals surface area contributed by atoms with E-state index in [1.54, 1.807) is 18.2 Å². The topological polar surface area (TPSA) is 124 Å². The molecule has 0 spiro atoms. The van der Waals surface area contributed by atoms with E-state index in [4.69, 9.17) is 14.2 Å². The van der Waals surface area contributed by atoms with Crippen LogP contribution in [-0.2, 0) is 11.4 Å². The number of carbonyl (C=O) groups excluding carboxylic acids is 1. The molecule has 172 valence electrons. The van der Waals surface area contributed by atoms with Crippen molar-refractivity contribution < 1.29 is 23.9 Å². The maximum absolute atomic E-state index is 12.7. The van der Waals surface area contributed by atoms with Crippen LogP contribution in [0.15, 0.2) is 72.3 Å². The molecule has 9 heteroatoms. The molecule has 3 rings (SSSR count). The molecule has 34 heavy (non-hydrogen) atoms. The van der Waals surface area contributed by atoms with Gasteiger partial charge in [-0.3, -0.25) is 14.9 Å². The van der Waals surface area contributed by atoms with Crippen LogP contribution in [0.3, 0.4) is 0 Å². The van der Waals surface area contributed by atoms with E-state index in [9.17, 15) is 20.2 Å². The summed E-state index contributed by atoms with van der Waals surface area (Å²) in [5.74, 6) is 0.414. The minimum absolute atomic E-state index is 0.0736. The van der Waals surface area contributed by atoms with Crippen molar-refractivity contribution in [1.29, 1.82) is 5.26 Å². The van der Waals surface area contributed by atoms with Gasteiger partial charge in [0.1, 0.15) is 24.0 Å². The summed E-state index contributed by atoms with van der Waals surface area (Å²) in [6.07, 6.45) is 1.38. The third-order valence-corrected chi connectivity index (χ3v) is 4.74. The van der Waals surface area contributed by atoms with E-state index in [-0.39, 0.29) is 22.7 Å². The van der Waals surface area contributed by atoms with E-state index in [2.05, 4.69) is 5.32 Å². The lowest BCUT2D eigenvalue weighted by Crippen LogP contribution is -2.14. The second kappa shape index (κ2) is 11.2. The van der Waals surface area contributed by atoms with Gasteiger partial charge < -0.3 is 19.5 Å². The highest BCUT2D eigenvalue weighted by atomic mass is 16.6. The molecule has 0 aromatic heterocycles. The van der Waals surface area contributed by atoms with E-state index >= 15 is 0 Å². The first-order valence-electron chi connectivity index (χ1n) is 10.1. The zero-order chi connectivity index (χ0) is 24.5. The van der Waals surface area contributed by atoms with E-state index in [1.807, 2.05) is 36.4 Å². The summed E-state index contributed by atoms with van der Waals surface area (Å²) in [6.45, 7) is 0.308. The van der Waals surface area contributed by atoms with E-state index < -0.39 is 10.8 Å². The summed E-state index contributed by atoms with van der Waals surface area (Å²) in [5.41, 5.74) is 1.13. The van der Waals surface area contributed by atoms with Crippen LogP contribution in [0.2, 0.25) is 0 Å². The second-order valence-corrected chi connectivity index (χ2v) is 6.95. The van der Waals surface area contributed by atoms with Crippen molar-refractivity contribution in [3.05, 3.63) is 93.5 Å². The molecule has 0 saturated carbocycles. The Hall–Kier alpha value is -4.84. The molecule has 0 heterocycles. The Morgan fingerprint density at radius 3 is 2.38 bits per heavy atom. The van der Waals surface area contributed by atoms with Crippen LogP contribution in [0.25, 0.3) is 6.08 Å². The van der Waals surface area contributed by atoms with Crippen LogP contribution in [0.5, 0.6) is 17.2 Å². The van der Waals surface area contributed by atoms with Gasteiger partial charge in [-0.15, -0.1) is 0 Å². The number of nitrogens with zero attached hydrogens (tertiary/aromatic N) is 2. The van der Waals surface area contributed by atoms with Crippen molar-refractivity contribution in [1.82, 2.24) is 0 Å². The van der Waals surface area contributed by atoms with Crippen molar-refractivity contribution in [2.75, 3.05) is 19.5 Å². The lowest BCUT2D eigenvalue weighted by Gasteiger charge is -2.12. The Bertz CT molecular complexity index is 1270. The molecule has 1 amide bonds. The molecule has 0 fully saturated rings. The van der Waals surface area contributed by atoms with Crippen LogP contribution in [-0.4, -0.2) is 25.1 Å². The molecule has 0 aliphatic carbocycles. The number of benzene rings is 3. The lowest BCUT2D eigenvalue weighted by atomic mass is 10.1. The number of non-ortho nitro benzene ring substituents is 1. The van der Waals surface area contributed by atoms with Gasteiger partial charge in [0.05, 0.1) is 24.8 Å². The van der Waals surface area contributed by atoms with Gasteiger partial charge in [-0.2, -0.15) is 5.26 Å². The molecule has 1 N–H and O–H groups in total. The number of anilines is 1. The number of ether oxygens (including phenoxy) is 3. The fourth-order valence-corrected chi connectivity index (χ4v) is 3.04. The Labute approximate surface area is 196 Å². The van der Waals surface area contributed by atoms with Gasteiger partial charge in [0, 0.05) is 12.1 Å². The zero-order valence-corrected chi connectivity index (χ0v) is 18.5. The minimum Gasteiger partial charge on any atom is -0.495 e. The lowest BCUT2D eigenvalue weighted by molar-refractivity contribution is -0.384. The first-order valence-corrected chi connectivity index (χ1v) is 10.1. The first kappa shape index (κ1) is 23.8. The molecule has 0 radical (unpaired) electrons. The molecule has 3 aromatic carbocycles. The van der Waals surface area contributed by atoms with Crippen LogP contribution in [0, 0.1) is 21.4 Å². The molecular formula is C25H21N3O6. The molecule has 0 atom stereocenters. The number of nitro benzene ring substituents is 1. The number of amides is 1. The minimum atomic E-state index is -0.746. The molecule has 3 aromatic rings. The Morgan fingerprint density at radius 2 is 1.74 bits per heavy atom. The Kier molecular flexibility index (Phi) is 7.81. The Balaban J connectivity index is 1.84. The summed E-state index contributed by atoms with van der Waals surface area (Å²) in [7, 11) is 2.88. The van der Waals surface area contributed by atoms with Gasteiger partial charge in [0.15, 0.2) is 11.5 Å². The van der Waals surface area contributed by atoms with Crippen molar-refractivity contribution in [2.45, 2.75) is 6.61 Å². The summed E-state index contributed by atoms with van der Waals surface area (Å²) in [6, 6.07) is 20.2. The van der Waals surface area contributed by atoms with Gasteiger partial charge >= 0.3 is 0 Å². The standard InChI is InChI=1S/C25H21N3O6/c1-32-22-11-9-20(28(30)31)14-21(22)27-25(29)19(15-26)12-18-8-10-23(33-2)24(13-18)34-16-17-6-4-3-5-7-17/h3-14H,16H2,1-2H3,(H,27,29)/b19-12+. The molecule has 0 bridgehead atoms. The van der Waals surface area contributed by atoms with Crippen molar-refractivity contribution >= 4 is 23.4 Å². The molecule has 0 aliphatic heterocycles. The zero-order valence-electron chi connectivity index (χ0n) is 18.5. The first-order chi connectivity index (χ1) is 16.4. The molecule has 0 unspecified atom stereocenters. The summed E-state index contributed by atoms with van der Waals surface area (Å²) in [5, 5.41) is 23.1. The number of nitrogens with one attached hydrogen (secondary N) is 1. The van der Waals surface area contributed by atoms with Crippen LogP contribution < -0.4 is 19.5 Å². The maximum atomic E-state index is 12.7. The van der Waals surface area contributed by atoms with Crippen molar-refractivity contribution in [3.8, 4) is 23.3 Å². The molecular weight excluding hydrogens is 438 g/mol. The van der Waals surface area contributed by atoms with E-state index in [0.717, 1.165) is 11.6 Å². The smallest absolute Gasteiger partial charge is 0.271 e. The average molecular weight is 459 g/mol. The predicted molar refractivity (Wildman–Crippen MR) is 126 cm³/mol. The van der Waals surface area contributed by atoms with Gasteiger partial charge in [0.25, 0.3) is 11.6 Å². The fraction of sp³-hybridized carbons (Fsp3) is 0.120. The normalized spacial score (nSPS) is 10.7. The number of hydrogen-bond donors (Lipinski definition) is 1. The van der Waals surface area contributed by atoms with Gasteiger partial charge in [-0.05, 0) is 35.4 Å². The van der Waals surface area contributed by atoms with Crippen LogP contribution >= 0.6 is 0 Å². The molecule has 0 saturated heterocycles.